The van der Waals surface area contributed by atoms with Gasteiger partial charge < -0.3 is 5.73 Å². The van der Waals surface area contributed by atoms with Crippen LogP contribution >= 0.6 is 23.1 Å². The molecule has 0 aliphatic carbocycles. The average Bonchev–Trinajstić information content (AvgIpc) is 2.82. The fraction of sp³-hybridized carbons (Fsp3) is 0.333. The summed E-state index contributed by atoms with van der Waals surface area (Å²) in [5, 5.41) is 0.103. The summed E-state index contributed by atoms with van der Waals surface area (Å²) in [6.45, 7) is 2.25. The molecule has 2 aromatic rings. The van der Waals surface area contributed by atoms with E-state index >= 15 is 0 Å². The predicted molar refractivity (Wildman–Crippen MR) is 74.9 cm³/mol. The first-order chi connectivity index (χ1) is 9.40. The smallest absolute Gasteiger partial charge is 0.330 e. The van der Waals surface area contributed by atoms with E-state index in [-0.39, 0.29) is 5.16 Å². The summed E-state index contributed by atoms with van der Waals surface area (Å²) in [5.41, 5.74) is 4.73. The minimum Gasteiger partial charge on any atom is -0.330 e. The van der Waals surface area contributed by atoms with Gasteiger partial charge in [0.1, 0.15) is 5.69 Å². The maximum atomic E-state index is 12.9. The van der Waals surface area contributed by atoms with Crippen molar-refractivity contribution in [1.29, 1.82) is 0 Å². The van der Waals surface area contributed by atoms with E-state index in [9.17, 15) is 13.2 Å². The van der Waals surface area contributed by atoms with E-state index < -0.39 is 11.9 Å². The molecule has 0 aliphatic heterocycles. The van der Waals surface area contributed by atoms with Gasteiger partial charge >= 0.3 is 6.18 Å². The highest BCUT2D eigenvalue weighted by atomic mass is 32.2. The van der Waals surface area contributed by atoms with Gasteiger partial charge in [0.2, 0.25) is 0 Å². The molecule has 0 saturated heterocycles. The Hall–Kier alpha value is -1.12. The number of hydrogen-bond acceptors (Lipinski definition) is 5. The van der Waals surface area contributed by atoms with Gasteiger partial charge in [-0.2, -0.15) is 13.2 Å². The van der Waals surface area contributed by atoms with E-state index in [1.165, 1.54) is 11.3 Å². The monoisotopic (exact) mass is 319 g/mol. The molecule has 2 rings (SSSR count). The Morgan fingerprint density at radius 1 is 1.30 bits per heavy atom. The van der Waals surface area contributed by atoms with Crippen molar-refractivity contribution in [2.75, 3.05) is 12.3 Å². The minimum absolute atomic E-state index is 0.103. The summed E-state index contributed by atoms with van der Waals surface area (Å²) in [6, 6.07) is 4.60. The molecule has 8 heteroatoms. The van der Waals surface area contributed by atoms with Crippen LogP contribution < -0.4 is 5.73 Å². The van der Waals surface area contributed by atoms with E-state index in [1.54, 1.807) is 6.07 Å². The van der Waals surface area contributed by atoms with E-state index in [4.69, 9.17) is 5.73 Å². The number of nitrogens with zero attached hydrogens (tertiary/aromatic N) is 2. The molecule has 2 aromatic heterocycles. The molecular formula is C12H12F3N3S2. The average molecular weight is 319 g/mol. The highest BCUT2D eigenvalue weighted by molar-refractivity contribution is 7.99. The van der Waals surface area contributed by atoms with Gasteiger partial charge in [0.05, 0.1) is 10.6 Å². The largest absolute Gasteiger partial charge is 0.433 e. The van der Waals surface area contributed by atoms with Gasteiger partial charge in [0.15, 0.2) is 5.16 Å². The Morgan fingerprint density at radius 3 is 2.60 bits per heavy atom. The zero-order chi connectivity index (χ0) is 14.8. The molecule has 0 aliphatic rings. The third-order valence-electron chi connectivity index (χ3n) is 2.34. The highest BCUT2D eigenvalue weighted by Gasteiger charge is 2.33. The normalized spacial score (nSPS) is 11.8. The fourth-order valence-corrected chi connectivity index (χ4v) is 2.94. The Bertz CT molecular complexity index is 596. The van der Waals surface area contributed by atoms with Crippen LogP contribution in [0.5, 0.6) is 0 Å². The number of aromatic nitrogens is 2. The van der Waals surface area contributed by atoms with Crippen LogP contribution in [0.25, 0.3) is 10.6 Å². The topological polar surface area (TPSA) is 51.8 Å². The molecule has 3 nitrogen and oxygen atoms in total. The second kappa shape index (κ2) is 6.11. The lowest BCUT2D eigenvalue weighted by Gasteiger charge is -2.09. The molecule has 0 saturated carbocycles. The Balaban J connectivity index is 2.45. The number of thioether (sulfide) groups is 1. The lowest BCUT2D eigenvalue weighted by atomic mass is 10.3. The third-order valence-corrected chi connectivity index (χ3v) is 4.24. The maximum absolute atomic E-state index is 12.9. The first-order valence-corrected chi connectivity index (χ1v) is 7.56. The Labute approximate surface area is 122 Å². The zero-order valence-corrected chi connectivity index (χ0v) is 12.2. The predicted octanol–water partition coefficient (Wildman–Crippen LogP) is 3.58. The number of thiophene rings is 1. The molecule has 0 fully saturated rings. The van der Waals surface area contributed by atoms with Crippen molar-refractivity contribution in [2.45, 2.75) is 18.3 Å². The molecule has 0 unspecified atom stereocenters. The van der Waals surface area contributed by atoms with E-state index in [0.717, 1.165) is 22.7 Å². The molecule has 2 heterocycles. The Morgan fingerprint density at radius 2 is 2.05 bits per heavy atom. The van der Waals surface area contributed by atoms with Crippen molar-refractivity contribution in [3.8, 4) is 10.6 Å². The summed E-state index contributed by atoms with van der Waals surface area (Å²) in [4.78, 5) is 9.44. The molecule has 0 bridgehead atoms. The van der Waals surface area contributed by atoms with Crippen LogP contribution in [0.2, 0.25) is 0 Å². The summed E-state index contributed by atoms with van der Waals surface area (Å²) >= 11 is 2.52. The van der Waals surface area contributed by atoms with Gasteiger partial charge in [-0.15, -0.1) is 11.3 Å². The molecule has 2 N–H and O–H groups in total. The van der Waals surface area contributed by atoms with Gasteiger partial charge in [-0.1, -0.05) is 11.8 Å². The van der Waals surface area contributed by atoms with Crippen LogP contribution in [0.4, 0.5) is 13.2 Å². The molecule has 0 atom stereocenters. The van der Waals surface area contributed by atoms with Crippen molar-refractivity contribution >= 4 is 23.1 Å². The lowest BCUT2D eigenvalue weighted by molar-refractivity contribution is -0.141. The van der Waals surface area contributed by atoms with Crippen LogP contribution in [-0.4, -0.2) is 22.3 Å². The van der Waals surface area contributed by atoms with E-state index in [2.05, 4.69) is 9.97 Å². The number of rotatable bonds is 4. The zero-order valence-electron chi connectivity index (χ0n) is 10.6. The maximum Gasteiger partial charge on any atom is 0.433 e. The SMILES string of the molecule is Cc1ccc(-c2cc(C(F)(F)F)nc(SCCN)n2)s1. The number of nitrogens with two attached hydrogens (primary N) is 1. The molecule has 0 radical (unpaired) electrons. The number of hydrogen-bond donors (Lipinski definition) is 1. The van der Waals surface area contributed by atoms with Crippen LogP contribution in [-0.2, 0) is 6.18 Å². The van der Waals surface area contributed by atoms with Crippen molar-refractivity contribution in [3.63, 3.8) is 0 Å². The molecule has 108 valence electrons. The minimum atomic E-state index is -4.48. The summed E-state index contributed by atoms with van der Waals surface area (Å²) in [7, 11) is 0. The second-order valence-corrected chi connectivity index (χ2v) is 6.32. The first-order valence-electron chi connectivity index (χ1n) is 5.76. The third kappa shape index (κ3) is 3.71. The van der Waals surface area contributed by atoms with E-state index in [1.807, 2.05) is 13.0 Å². The number of halogens is 3. The quantitative estimate of drug-likeness (QED) is 0.691. The highest BCUT2D eigenvalue weighted by Crippen LogP contribution is 2.33. The van der Waals surface area contributed by atoms with E-state index in [0.29, 0.717) is 22.9 Å². The Kier molecular flexibility index (Phi) is 4.66. The summed E-state index contributed by atoms with van der Waals surface area (Å²) in [5.74, 6) is 0.476. The van der Waals surface area contributed by atoms with Gasteiger partial charge in [-0.05, 0) is 25.1 Å². The first kappa shape index (κ1) is 15.3. The van der Waals surface area contributed by atoms with Crippen LogP contribution in [0, 0.1) is 6.92 Å². The van der Waals surface area contributed by atoms with Gasteiger partial charge in [0, 0.05) is 17.2 Å². The van der Waals surface area contributed by atoms with Crippen molar-refractivity contribution in [1.82, 2.24) is 9.97 Å². The fourth-order valence-electron chi connectivity index (χ4n) is 1.48. The van der Waals surface area contributed by atoms with Gasteiger partial charge in [-0.3, -0.25) is 0 Å². The van der Waals surface area contributed by atoms with Gasteiger partial charge in [-0.25, -0.2) is 9.97 Å². The second-order valence-electron chi connectivity index (χ2n) is 3.97. The van der Waals surface area contributed by atoms with Crippen LogP contribution in [0.15, 0.2) is 23.4 Å². The summed E-state index contributed by atoms with van der Waals surface area (Å²) < 4.78 is 38.6. The van der Waals surface area contributed by atoms with Crippen molar-refractivity contribution < 1.29 is 13.2 Å². The van der Waals surface area contributed by atoms with Crippen LogP contribution in [0.1, 0.15) is 10.6 Å². The summed E-state index contributed by atoms with van der Waals surface area (Å²) in [6.07, 6.45) is -4.48. The lowest BCUT2D eigenvalue weighted by Crippen LogP contribution is -2.10. The number of alkyl halides is 3. The van der Waals surface area contributed by atoms with Crippen molar-refractivity contribution in [3.05, 3.63) is 28.8 Å². The van der Waals surface area contributed by atoms with Gasteiger partial charge in [0.25, 0.3) is 0 Å². The molecule has 20 heavy (non-hydrogen) atoms. The van der Waals surface area contributed by atoms with Crippen molar-refractivity contribution in [2.24, 2.45) is 5.73 Å². The molecule has 0 spiro atoms. The number of aryl methyl sites for hydroxylation is 1. The molecular weight excluding hydrogens is 307 g/mol. The molecule has 0 aromatic carbocycles. The van der Waals surface area contributed by atoms with Crippen LogP contribution in [0.3, 0.4) is 0 Å². The standard InChI is InChI=1S/C12H12F3N3S2/c1-7-2-3-9(20-7)8-6-10(12(13,14)15)18-11(17-8)19-5-4-16/h2-3,6H,4-5,16H2,1H3. The molecule has 0 amide bonds.